The van der Waals surface area contributed by atoms with Gasteiger partial charge in [-0.2, -0.15) is 0 Å². The van der Waals surface area contributed by atoms with Crippen LogP contribution < -0.4 is 11.1 Å². The van der Waals surface area contributed by atoms with Crippen LogP contribution in [0.3, 0.4) is 0 Å². The van der Waals surface area contributed by atoms with Crippen molar-refractivity contribution in [1.29, 1.82) is 0 Å². The van der Waals surface area contributed by atoms with Gasteiger partial charge in [0.1, 0.15) is 6.04 Å². The molecule has 0 aromatic carbocycles. The minimum Gasteiger partial charge on any atom is -0.340 e. The van der Waals surface area contributed by atoms with Crippen molar-refractivity contribution in [2.75, 3.05) is 25.4 Å². The van der Waals surface area contributed by atoms with E-state index in [9.17, 15) is 9.59 Å². The van der Waals surface area contributed by atoms with Gasteiger partial charge in [0, 0.05) is 18.8 Å². The number of hydrogen-bond acceptors (Lipinski definition) is 4. The van der Waals surface area contributed by atoms with Gasteiger partial charge in [0.05, 0.1) is 0 Å². The predicted octanol–water partition coefficient (Wildman–Crippen LogP) is 0.431. The highest BCUT2D eigenvalue weighted by Crippen LogP contribution is 2.29. The molecule has 0 aromatic rings. The molecule has 2 aliphatic heterocycles. The predicted molar refractivity (Wildman–Crippen MR) is 70.4 cm³/mol. The number of hydrogen-bond donors (Lipinski definition) is 2. The van der Waals surface area contributed by atoms with Crippen LogP contribution in [0.1, 0.15) is 13.3 Å². The van der Waals surface area contributed by atoms with Gasteiger partial charge in [-0.05, 0) is 18.4 Å². The molecule has 3 N–H and O–H groups in total. The van der Waals surface area contributed by atoms with E-state index in [0.717, 1.165) is 13.0 Å². The molecular formula is C10H18ClN3O2S. The van der Waals surface area contributed by atoms with Crippen LogP contribution in [0.5, 0.6) is 0 Å². The molecule has 2 aliphatic rings. The number of carbonyl (C=O) groups is 2. The lowest BCUT2D eigenvalue weighted by molar-refractivity contribution is -0.131. The van der Waals surface area contributed by atoms with Crippen LogP contribution in [-0.2, 0) is 4.79 Å². The normalized spacial score (nSPS) is 32.2. The van der Waals surface area contributed by atoms with Gasteiger partial charge in [-0.3, -0.25) is 9.59 Å². The third-order valence-corrected chi connectivity index (χ3v) is 4.21. The Bertz CT molecular complexity index is 329. The van der Waals surface area contributed by atoms with Crippen LogP contribution in [0.4, 0.5) is 4.79 Å². The Labute approximate surface area is 111 Å². The van der Waals surface area contributed by atoms with Gasteiger partial charge in [-0.15, -0.1) is 12.4 Å². The second kappa shape index (κ2) is 5.46. The highest BCUT2D eigenvalue weighted by atomic mass is 35.5. The fourth-order valence-electron chi connectivity index (χ4n) is 2.12. The van der Waals surface area contributed by atoms with Crippen molar-refractivity contribution in [3.05, 3.63) is 0 Å². The van der Waals surface area contributed by atoms with Gasteiger partial charge in [-0.25, -0.2) is 0 Å². The topological polar surface area (TPSA) is 75.4 Å². The summed E-state index contributed by atoms with van der Waals surface area (Å²) >= 11 is 1.18. The van der Waals surface area contributed by atoms with E-state index >= 15 is 0 Å². The van der Waals surface area contributed by atoms with E-state index < -0.39 is 0 Å². The first-order valence-corrected chi connectivity index (χ1v) is 6.45. The van der Waals surface area contributed by atoms with Gasteiger partial charge in [0.15, 0.2) is 0 Å². The quantitative estimate of drug-likeness (QED) is 0.769. The van der Waals surface area contributed by atoms with E-state index in [0.29, 0.717) is 18.8 Å². The largest absolute Gasteiger partial charge is 0.340 e. The monoisotopic (exact) mass is 279 g/mol. The molecule has 5 nitrogen and oxygen atoms in total. The zero-order chi connectivity index (χ0) is 11.8. The number of amides is 2. The lowest BCUT2D eigenvalue weighted by atomic mass is 9.90. The average Bonchev–Trinajstić information content (AvgIpc) is 2.85. The highest BCUT2D eigenvalue weighted by molar-refractivity contribution is 8.14. The van der Waals surface area contributed by atoms with Crippen molar-refractivity contribution in [2.45, 2.75) is 19.4 Å². The van der Waals surface area contributed by atoms with Gasteiger partial charge in [0.2, 0.25) is 5.91 Å². The Kier molecular flexibility index (Phi) is 4.69. The summed E-state index contributed by atoms with van der Waals surface area (Å²) in [7, 11) is 0. The second-order valence-electron chi connectivity index (χ2n) is 4.82. The second-order valence-corrected chi connectivity index (χ2v) is 5.81. The van der Waals surface area contributed by atoms with E-state index in [1.54, 1.807) is 0 Å². The van der Waals surface area contributed by atoms with Crippen molar-refractivity contribution >= 4 is 35.3 Å². The van der Waals surface area contributed by atoms with E-state index in [4.69, 9.17) is 5.73 Å². The lowest BCUT2D eigenvalue weighted by Gasteiger charge is -2.24. The minimum absolute atomic E-state index is 0. The van der Waals surface area contributed by atoms with Crippen molar-refractivity contribution in [3.63, 3.8) is 0 Å². The summed E-state index contributed by atoms with van der Waals surface area (Å²) in [5.74, 6) is 0.587. The average molecular weight is 280 g/mol. The summed E-state index contributed by atoms with van der Waals surface area (Å²) in [4.78, 5) is 24.9. The molecule has 0 radical (unpaired) electrons. The molecule has 7 heteroatoms. The van der Waals surface area contributed by atoms with Gasteiger partial charge in [-0.1, -0.05) is 18.7 Å². The molecule has 2 fully saturated rings. The minimum atomic E-state index is -0.336. The molecule has 17 heavy (non-hydrogen) atoms. The molecule has 0 bridgehead atoms. The number of halogens is 1. The number of thioether (sulfide) groups is 1. The summed E-state index contributed by atoms with van der Waals surface area (Å²) < 4.78 is 0. The fourth-order valence-corrected chi connectivity index (χ4v) is 2.89. The number of nitrogens with two attached hydrogens (primary N) is 1. The number of nitrogens with zero attached hydrogens (tertiary/aromatic N) is 1. The van der Waals surface area contributed by atoms with Crippen LogP contribution in [-0.4, -0.2) is 47.5 Å². The maximum atomic E-state index is 12.1. The molecule has 2 amide bonds. The van der Waals surface area contributed by atoms with E-state index in [1.807, 2.05) is 4.90 Å². The first kappa shape index (κ1) is 14.6. The third-order valence-electron chi connectivity index (χ3n) is 3.33. The summed E-state index contributed by atoms with van der Waals surface area (Å²) in [5.41, 5.74) is 5.74. The first-order chi connectivity index (χ1) is 7.54. The van der Waals surface area contributed by atoms with Crippen LogP contribution >= 0.6 is 24.2 Å². The van der Waals surface area contributed by atoms with Crippen molar-refractivity contribution < 1.29 is 9.59 Å². The van der Waals surface area contributed by atoms with Crippen molar-refractivity contribution in [1.82, 2.24) is 10.2 Å². The van der Waals surface area contributed by atoms with Gasteiger partial charge >= 0.3 is 0 Å². The zero-order valence-corrected chi connectivity index (χ0v) is 11.4. The molecule has 1 unspecified atom stereocenters. The first-order valence-electron chi connectivity index (χ1n) is 5.46. The third kappa shape index (κ3) is 3.05. The van der Waals surface area contributed by atoms with Crippen LogP contribution in [0.25, 0.3) is 0 Å². The molecular weight excluding hydrogens is 262 g/mol. The fraction of sp³-hybridized carbons (Fsp3) is 0.800. The molecule has 98 valence electrons. The molecule has 2 atom stereocenters. The molecule has 0 saturated carbocycles. The molecule has 2 rings (SSSR count). The SMILES string of the molecule is CC1(CN)CCN(C(=O)[C@@H]2CSC(=O)N2)C1.Cl. The number of likely N-dealkylation sites (tertiary alicyclic amines) is 1. The van der Waals surface area contributed by atoms with Crippen molar-refractivity contribution in [2.24, 2.45) is 11.1 Å². The van der Waals surface area contributed by atoms with Crippen molar-refractivity contribution in [3.8, 4) is 0 Å². The van der Waals surface area contributed by atoms with E-state index in [2.05, 4.69) is 12.2 Å². The molecule has 0 aliphatic carbocycles. The number of nitrogens with one attached hydrogen (secondary N) is 1. The Morgan fingerprint density at radius 1 is 1.71 bits per heavy atom. The smallest absolute Gasteiger partial charge is 0.279 e. The molecule has 0 aromatic heterocycles. The Morgan fingerprint density at radius 3 is 2.88 bits per heavy atom. The Balaban J connectivity index is 0.00000144. The Hall–Kier alpha value is -0.460. The van der Waals surface area contributed by atoms with Gasteiger partial charge < -0.3 is 16.0 Å². The van der Waals surface area contributed by atoms with E-state index in [-0.39, 0.29) is 35.0 Å². The van der Waals surface area contributed by atoms with Crippen LogP contribution in [0, 0.1) is 5.41 Å². The zero-order valence-electron chi connectivity index (χ0n) is 9.77. The summed E-state index contributed by atoms with van der Waals surface area (Å²) in [6, 6.07) is -0.336. The standard InChI is InChI=1S/C10H17N3O2S.ClH/c1-10(5-11)2-3-13(6-10)8(14)7-4-16-9(15)12-7;/h7H,2-6,11H2,1H3,(H,12,15);1H/t7-,10?;/m0./s1. The summed E-state index contributed by atoms with van der Waals surface area (Å²) in [6.45, 7) is 4.16. The number of rotatable bonds is 2. The highest BCUT2D eigenvalue weighted by Gasteiger charge is 2.39. The summed E-state index contributed by atoms with van der Waals surface area (Å²) in [5, 5.41) is 2.58. The van der Waals surface area contributed by atoms with Crippen LogP contribution in [0.2, 0.25) is 0 Å². The van der Waals surface area contributed by atoms with Gasteiger partial charge in [0.25, 0.3) is 5.24 Å². The van der Waals surface area contributed by atoms with E-state index in [1.165, 1.54) is 11.8 Å². The lowest BCUT2D eigenvalue weighted by Crippen LogP contribution is -2.45. The maximum absolute atomic E-state index is 12.1. The van der Waals surface area contributed by atoms with Crippen LogP contribution in [0.15, 0.2) is 0 Å². The molecule has 2 heterocycles. The molecule has 2 saturated heterocycles. The Morgan fingerprint density at radius 2 is 2.41 bits per heavy atom. The number of carbonyl (C=O) groups excluding carboxylic acids is 2. The maximum Gasteiger partial charge on any atom is 0.279 e. The molecule has 0 spiro atoms. The summed E-state index contributed by atoms with van der Waals surface area (Å²) in [6.07, 6.45) is 0.947.